The molecule has 90 valence electrons. The zero-order chi connectivity index (χ0) is 11.3. The molecule has 0 bridgehead atoms. The lowest BCUT2D eigenvalue weighted by Gasteiger charge is -2.30. The normalized spacial score (nSPS) is 25.8. The van der Waals surface area contributed by atoms with Gasteiger partial charge in [-0.25, -0.2) is 0 Å². The molecule has 0 amide bonds. The van der Waals surface area contributed by atoms with E-state index in [0.717, 1.165) is 26.0 Å². The molecule has 4 nitrogen and oxygen atoms in total. The summed E-state index contributed by atoms with van der Waals surface area (Å²) in [5, 5.41) is 18.5. The van der Waals surface area contributed by atoms with Crippen molar-refractivity contribution in [2.75, 3.05) is 26.3 Å². The Morgan fingerprint density at radius 2 is 2.20 bits per heavy atom. The standard InChI is InChI=1S/C11H23NO3/c1-9(8-13)12(6-10(2)14)7-11-4-3-5-15-11/h9-11,13-14H,3-8H2,1-2H3/t9-,10-,11-/m0/s1. The minimum absolute atomic E-state index is 0.0869. The van der Waals surface area contributed by atoms with Gasteiger partial charge in [-0.1, -0.05) is 0 Å². The molecule has 1 heterocycles. The maximum Gasteiger partial charge on any atom is 0.0702 e. The summed E-state index contributed by atoms with van der Waals surface area (Å²) in [4.78, 5) is 2.10. The molecule has 0 aromatic heterocycles. The van der Waals surface area contributed by atoms with Gasteiger partial charge in [-0.05, 0) is 26.7 Å². The zero-order valence-corrected chi connectivity index (χ0v) is 9.72. The van der Waals surface area contributed by atoms with Crippen LogP contribution in [0.15, 0.2) is 0 Å². The van der Waals surface area contributed by atoms with Crippen molar-refractivity contribution < 1.29 is 14.9 Å². The Balaban J connectivity index is 2.39. The highest BCUT2D eigenvalue weighted by molar-refractivity contribution is 4.75. The van der Waals surface area contributed by atoms with Gasteiger partial charge in [0.25, 0.3) is 0 Å². The molecule has 0 saturated carbocycles. The summed E-state index contributed by atoms with van der Waals surface area (Å²) in [6.07, 6.45) is 2.13. The van der Waals surface area contributed by atoms with Crippen molar-refractivity contribution in [3.8, 4) is 0 Å². The van der Waals surface area contributed by atoms with Crippen LogP contribution in [0, 0.1) is 0 Å². The molecule has 0 unspecified atom stereocenters. The molecule has 3 atom stereocenters. The third-order valence-corrected chi connectivity index (χ3v) is 2.85. The van der Waals surface area contributed by atoms with Gasteiger partial charge >= 0.3 is 0 Å². The summed E-state index contributed by atoms with van der Waals surface area (Å²) in [5.41, 5.74) is 0. The maximum absolute atomic E-state index is 9.38. The van der Waals surface area contributed by atoms with Gasteiger partial charge in [0, 0.05) is 25.7 Å². The molecular weight excluding hydrogens is 194 g/mol. The number of nitrogens with zero attached hydrogens (tertiary/aromatic N) is 1. The van der Waals surface area contributed by atoms with Crippen molar-refractivity contribution in [3.05, 3.63) is 0 Å². The quantitative estimate of drug-likeness (QED) is 0.669. The fourth-order valence-corrected chi connectivity index (χ4v) is 1.94. The molecule has 1 aliphatic heterocycles. The van der Waals surface area contributed by atoms with Crippen LogP contribution in [0.5, 0.6) is 0 Å². The van der Waals surface area contributed by atoms with E-state index in [2.05, 4.69) is 4.90 Å². The SMILES string of the molecule is C[C@H](O)CN(C[C@@H]1CCCO1)[C@@H](C)CO. The Morgan fingerprint density at radius 1 is 1.47 bits per heavy atom. The lowest BCUT2D eigenvalue weighted by molar-refractivity contribution is 0.0246. The van der Waals surface area contributed by atoms with E-state index in [0.29, 0.717) is 6.54 Å². The highest BCUT2D eigenvalue weighted by atomic mass is 16.5. The second-order valence-electron chi connectivity index (χ2n) is 4.47. The first kappa shape index (κ1) is 12.9. The molecule has 1 saturated heterocycles. The second kappa shape index (κ2) is 6.43. The molecule has 0 aliphatic carbocycles. The molecule has 0 aromatic rings. The fourth-order valence-electron chi connectivity index (χ4n) is 1.94. The van der Waals surface area contributed by atoms with Crippen molar-refractivity contribution in [1.82, 2.24) is 4.90 Å². The smallest absolute Gasteiger partial charge is 0.0702 e. The van der Waals surface area contributed by atoms with Gasteiger partial charge in [0.05, 0.1) is 18.8 Å². The fraction of sp³-hybridized carbons (Fsp3) is 1.00. The Kier molecular flexibility index (Phi) is 5.53. The molecule has 4 heteroatoms. The first-order valence-electron chi connectivity index (χ1n) is 5.78. The van der Waals surface area contributed by atoms with E-state index in [9.17, 15) is 5.11 Å². The Bertz CT molecular complexity index is 169. The molecule has 1 rings (SSSR count). The molecule has 0 radical (unpaired) electrons. The van der Waals surface area contributed by atoms with Crippen LogP contribution < -0.4 is 0 Å². The number of aliphatic hydroxyl groups is 2. The summed E-state index contributed by atoms with van der Waals surface area (Å²) < 4.78 is 5.55. The summed E-state index contributed by atoms with van der Waals surface area (Å²) >= 11 is 0. The predicted molar refractivity (Wildman–Crippen MR) is 58.8 cm³/mol. The van der Waals surface area contributed by atoms with E-state index in [1.807, 2.05) is 6.92 Å². The van der Waals surface area contributed by atoms with Crippen molar-refractivity contribution in [2.24, 2.45) is 0 Å². The van der Waals surface area contributed by atoms with Crippen molar-refractivity contribution in [2.45, 2.75) is 44.9 Å². The van der Waals surface area contributed by atoms with Crippen LogP contribution in [0.4, 0.5) is 0 Å². The van der Waals surface area contributed by atoms with Crippen molar-refractivity contribution in [3.63, 3.8) is 0 Å². The van der Waals surface area contributed by atoms with Gasteiger partial charge in [-0.2, -0.15) is 0 Å². The van der Waals surface area contributed by atoms with Crippen LogP contribution >= 0.6 is 0 Å². The second-order valence-corrected chi connectivity index (χ2v) is 4.47. The molecule has 15 heavy (non-hydrogen) atoms. The van der Waals surface area contributed by atoms with E-state index < -0.39 is 0 Å². The van der Waals surface area contributed by atoms with Crippen molar-refractivity contribution in [1.29, 1.82) is 0 Å². The van der Waals surface area contributed by atoms with E-state index >= 15 is 0 Å². The van der Waals surface area contributed by atoms with E-state index in [4.69, 9.17) is 9.84 Å². The van der Waals surface area contributed by atoms with Crippen LogP contribution in [0.25, 0.3) is 0 Å². The average molecular weight is 217 g/mol. The molecule has 1 aliphatic rings. The van der Waals surface area contributed by atoms with Crippen LogP contribution in [-0.4, -0.2) is 59.7 Å². The summed E-state index contributed by atoms with van der Waals surface area (Å²) in [6.45, 7) is 6.12. The van der Waals surface area contributed by atoms with Gasteiger partial charge in [0.1, 0.15) is 0 Å². The number of hydrogen-bond acceptors (Lipinski definition) is 4. The zero-order valence-electron chi connectivity index (χ0n) is 9.72. The number of ether oxygens (including phenoxy) is 1. The van der Waals surface area contributed by atoms with E-state index in [1.165, 1.54) is 0 Å². The molecule has 0 spiro atoms. The van der Waals surface area contributed by atoms with Gasteiger partial charge in [0.2, 0.25) is 0 Å². The van der Waals surface area contributed by atoms with Crippen molar-refractivity contribution >= 4 is 0 Å². The van der Waals surface area contributed by atoms with Gasteiger partial charge in [-0.3, -0.25) is 4.90 Å². The summed E-state index contributed by atoms with van der Waals surface area (Å²) in [6, 6.07) is 0.0869. The molecule has 0 aromatic carbocycles. The first-order valence-corrected chi connectivity index (χ1v) is 5.78. The minimum atomic E-state index is -0.361. The number of rotatable bonds is 6. The highest BCUT2D eigenvalue weighted by Gasteiger charge is 2.22. The van der Waals surface area contributed by atoms with Gasteiger partial charge in [0.15, 0.2) is 0 Å². The monoisotopic (exact) mass is 217 g/mol. The van der Waals surface area contributed by atoms with Crippen LogP contribution in [0.1, 0.15) is 26.7 Å². The lowest BCUT2D eigenvalue weighted by atomic mass is 10.2. The minimum Gasteiger partial charge on any atom is -0.395 e. The molecule has 1 fully saturated rings. The molecular formula is C11H23NO3. The summed E-state index contributed by atoms with van der Waals surface area (Å²) in [7, 11) is 0. The Labute approximate surface area is 91.8 Å². The van der Waals surface area contributed by atoms with Gasteiger partial charge < -0.3 is 14.9 Å². The lowest BCUT2D eigenvalue weighted by Crippen LogP contribution is -2.44. The number of aliphatic hydroxyl groups excluding tert-OH is 2. The maximum atomic E-state index is 9.38. The van der Waals surface area contributed by atoms with E-state index in [1.54, 1.807) is 6.92 Å². The Hall–Kier alpha value is -0.160. The number of hydrogen-bond donors (Lipinski definition) is 2. The predicted octanol–water partition coefficient (Wildman–Crippen LogP) is 0.229. The summed E-state index contributed by atoms with van der Waals surface area (Å²) in [5.74, 6) is 0. The van der Waals surface area contributed by atoms with Crippen LogP contribution in [-0.2, 0) is 4.74 Å². The van der Waals surface area contributed by atoms with Crippen LogP contribution in [0.3, 0.4) is 0 Å². The first-order chi connectivity index (χ1) is 7.13. The topological polar surface area (TPSA) is 52.9 Å². The average Bonchev–Trinajstić information content (AvgIpc) is 2.67. The molecule has 2 N–H and O–H groups in total. The van der Waals surface area contributed by atoms with E-state index in [-0.39, 0.29) is 24.9 Å². The third kappa shape index (κ3) is 4.47. The highest BCUT2D eigenvalue weighted by Crippen LogP contribution is 2.14. The Morgan fingerprint density at radius 3 is 2.67 bits per heavy atom. The third-order valence-electron chi connectivity index (χ3n) is 2.85. The van der Waals surface area contributed by atoms with Crippen LogP contribution in [0.2, 0.25) is 0 Å². The largest absolute Gasteiger partial charge is 0.395 e. The van der Waals surface area contributed by atoms with Gasteiger partial charge in [-0.15, -0.1) is 0 Å².